The Kier molecular flexibility index (Phi) is 5.01. The summed E-state index contributed by atoms with van der Waals surface area (Å²) in [5, 5.41) is 9.61. The summed E-state index contributed by atoms with van der Waals surface area (Å²) in [5.41, 5.74) is 0.910. The van der Waals surface area contributed by atoms with Crippen LogP contribution in [0.3, 0.4) is 0 Å². The maximum absolute atomic E-state index is 9.61. The fourth-order valence-corrected chi connectivity index (χ4v) is 1.87. The first-order valence-corrected chi connectivity index (χ1v) is 5.66. The highest BCUT2D eigenvalue weighted by atomic mass is 32.2. The molecule has 0 saturated carbocycles. The van der Waals surface area contributed by atoms with Gasteiger partial charge in [-0.25, -0.2) is 0 Å². The third kappa shape index (κ3) is 3.33. The monoisotopic (exact) mass is 212 g/mol. The number of aliphatic hydroxyl groups is 1. The van der Waals surface area contributed by atoms with E-state index in [0.717, 1.165) is 11.3 Å². The van der Waals surface area contributed by atoms with Gasteiger partial charge in [0.2, 0.25) is 0 Å². The predicted octanol–water partition coefficient (Wildman–Crippen LogP) is 2.48. The molecular weight excluding hydrogens is 196 g/mol. The molecule has 78 valence electrons. The number of benzene rings is 1. The van der Waals surface area contributed by atoms with Gasteiger partial charge in [-0.3, -0.25) is 0 Å². The summed E-state index contributed by atoms with van der Waals surface area (Å²) in [6.45, 7) is 2.47. The SMILES string of the molecule is CCSc1ccc(C(O)COC)cc1. The summed E-state index contributed by atoms with van der Waals surface area (Å²) in [5.74, 6) is 1.07. The number of aliphatic hydroxyl groups excluding tert-OH is 1. The Balaban J connectivity index is 2.62. The maximum atomic E-state index is 9.61. The van der Waals surface area contributed by atoms with Gasteiger partial charge in [-0.15, -0.1) is 11.8 Å². The van der Waals surface area contributed by atoms with E-state index in [2.05, 4.69) is 6.92 Å². The van der Waals surface area contributed by atoms with E-state index in [4.69, 9.17) is 4.74 Å². The normalized spacial score (nSPS) is 12.8. The molecule has 3 heteroatoms. The lowest BCUT2D eigenvalue weighted by Crippen LogP contribution is -2.04. The smallest absolute Gasteiger partial charge is 0.102 e. The minimum absolute atomic E-state index is 0.347. The Morgan fingerprint density at radius 1 is 1.36 bits per heavy atom. The van der Waals surface area contributed by atoms with Gasteiger partial charge in [-0.05, 0) is 23.4 Å². The number of hydrogen-bond donors (Lipinski definition) is 1. The van der Waals surface area contributed by atoms with Crippen molar-refractivity contribution >= 4 is 11.8 Å². The van der Waals surface area contributed by atoms with Crippen LogP contribution in [-0.4, -0.2) is 24.6 Å². The Bertz CT molecular complexity index is 258. The van der Waals surface area contributed by atoms with Crippen LogP contribution in [0.5, 0.6) is 0 Å². The van der Waals surface area contributed by atoms with Crippen LogP contribution in [0.25, 0.3) is 0 Å². The van der Waals surface area contributed by atoms with Crippen LogP contribution in [0, 0.1) is 0 Å². The number of rotatable bonds is 5. The molecule has 0 aliphatic carbocycles. The van der Waals surface area contributed by atoms with E-state index in [-0.39, 0.29) is 0 Å². The third-order valence-electron chi connectivity index (χ3n) is 1.90. The highest BCUT2D eigenvalue weighted by Crippen LogP contribution is 2.20. The van der Waals surface area contributed by atoms with Crippen molar-refractivity contribution in [2.75, 3.05) is 19.5 Å². The maximum Gasteiger partial charge on any atom is 0.102 e. The molecule has 1 rings (SSSR count). The van der Waals surface area contributed by atoms with Crippen LogP contribution in [0.1, 0.15) is 18.6 Å². The molecule has 2 nitrogen and oxygen atoms in total. The van der Waals surface area contributed by atoms with Gasteiger partial charge < -0.3 is 9.84 Å². The minimum Gasteiger partial charge on any atom is -0.386 e. The van der Waals surface area contributed by atoms with E-state index in [9.17, 15) is 5.11 Å². The standard InChI is InChI=1S/C11H16O2S/c1-3-14-10-6-4-9(5-7-10)11(12)8-13-2/h4-7,11-12H,3,8H2,1-2H3. The van der Waals surface area contributed by atoms with E-state index in [1.54, 1.807) is 18.9 Å². The van der Waals surface area contributed by atoms with Crippen molar-refractivity contribution in [3.63, 3.8) is 0 Å². The Labute approximate surface area is 89.3 Å². The molecule has 0 fully saturated rings. The van der Waals surface area contributed by atoms with Crippen molar-refractivity contribution in [1.29, 1.82) is 0 Å². The van der Waals surface area contributed by atoms with Crippen molar-refractivity contribution < 1.29 is 9.84 Å². The molecule has 0 aromatic heterocycles. The lowest BCUT2D eigenvalue weighted by molar-refractivity contribution is 0.0644. The summed E-state index contributed by atoms with van der Waals surface area (Å²) in [6.07, 6.45) is -0.513. The molecule has 0 spiro atoms. The molecule has 1 aromatic carbocycles. The lowest BCUT2D eigenvalue weighted by atomic mass is 10.1. The highest BCUT2D eigenvalue weighted by molar-refractivity contribution is 7.99. The van der Waals surface area contributed by atoms with E-state index < -0.39 is 6.10 Å². The third-order valence-corrected chi connectivity index (χ3v) is 2.79. The molecule has 1 unspecified atom stereocenters. The van der Waals surface area contributed by atoms with Gasteiger partial charge in [0.05, 0.1) is 6.61 Å². The number of thioether (sulfide) groups is 1. The average Bonchev–Trinajstić information content (AvgIpc) is 2.20. The number of methoxy groups -OCH3 is 1. The van der Waals surface area contributed by atoms with Crippen LogP contribution >= 0.6 is 11.8 Å². The molecule has 0 amide bonds. The van der Waals surface area contributed by atoms with E-state index in [1.807, 2.05) is 24.3 Å². The largest absolute Gasteiger partial charge is 0.386 e. The van der Waals surface area contributed by atoms with Gasteiger partial charge >= 0.3 is 0 Å². The zero-order valence-electron chi connectivity index (χ0n) is 8.56. The van der Waals surface area contributed by atoms with Crippen molar-refractivity contribution in [3.05, 3.63) is 29.8 Å². The molecule has 0 saturated heterocycles. The summed E-state index contributed by atoms with van der Waals surface area (Å²) in [4.78, 5) is 1.24. The average molecular weight is 212 g/mol. The topological polar surface area (TPSA) is 29.5 Å². The second-order valence-electron chi connectivity index (χ2n) is 2.97. The zero-order chi connectivity index (χ0) is 10.4. The number of ether oxygens (including phenoxy) is 1. The highest BCUT2D eigenvalue weighted by Gasteiger charge is 2.05. The summed E-state index contributed by atoms with van der Waals surface area (Å²) in [6, 6.07) is 7.95. The van der Waals surface area contributed by atoms with Gasteiger partial charge in [0.1, 0.15) is 6.10 Å². The van der Waals surface area contributed by atoms with Crippen molar-refractivity contribution in [3.8, 4) is 0 Å². The molecule has 1 atom stereocenters. The molecule has 1 N–H and O–H groups in total. The molecule has 1 aromatic rings. The quantitative estimate of drug-likeness (QED) is 0.760. The number of hydrogen-bond acceptors (Lipinski definition) is 3. The van der Waals surface area contributed by atoms with Gasteiger partial charge in [0, 0.05) is 12.0 Å². The van der Waals surface area contributed by atoms with Gasteiger partial charge in [0.15, 0.2) is 0 Å². The predicted molar refractivity (Wildman–Crippen MR) is 59.7 cm³/mol. The molecule has 0 radical (unpaired) electrons. The minimum atomic E-state index is -0.513. The van der Waals surface area contributed by atoms with Crippen LogP contribution in [0.4, 0.5) is 0 Å². The molecule has 14 heavy (non-hydrogen) atoms. The first-order valence-electron chi connectivity index (χ1n) is 4.67. The van der Waals surface area contributed by atoms with E-state index in [1.165, 1.54) is 4.90 Å². The van der Waals surface area contributed by atoms with Crippen molar-refractivity contribution in [2.45, 2.75) is 17.9 Å². The zero-order valence-corrected chi connectivity index (χ0v) is 9.38. The fraction of sp³-hybridized carbons (Fsp3) is 0.455. The van der Waals surface area contributed by atoms with Gasteiger partial charge in [-0.2, -0.15) is 0 Å². The molecule has 0 aliphatic heterocycles. The second-order valence-corrected chi connectivity index (χ2v) is 4.31. The van der Waals surface area contributed by atoms with Gasteiger partial charge in [-0.1, -0.05) is 19.1 Å². The second kappa shape index (κ2) is 6.06. The summed E-state index contributed by atoms with van der Waals surface area (Å²) < 4.78 is 4.88. The van der Waals surface area contributed by atoms with E-state index in [0.29, 0.717) is 6.61 Å². The molecule has 0 bridgehead atoms. The van der Waals surface area contributed by atoms with Crippen LogP contribution in [0.2, 0.25) is 0 Å². The van der Waals surface area contributed by atoms with Crippen molar-refractivity contribution in [2.24, 2.45) is 0 Å². The Morgan fingerprint density at radius 2 is 2.00 bits per heavy atom. The first-order chi connectivity index (χ1) is 6.77. The van der Waals surface area contributed by atoms with Crippen molar-refractivity contribution in [1.82, 2.24) is 0 Å². The Hall–Kier alpha value is -0.510. The molecule has 0 aliphatic rings. The fourth-order valence-electron chi connectivity index (χ4n) is 1.21. The summed E-state index contributed by atoms with van der Waals surface area (Å²) >= 11 is 1.80. The molecule has 0 heterocycles. The Morgan fingerprint density at radius 3 is 2.50 bits per heavy atom. The van der Waals surface area contributed by atoms with Gasteiger partial charge in [0.25, 0.3) is 0 Å². The lowest BCUT2D eigenvalue weighted by Gasteiger charge is -2.09. The molecular formula is C11H16O2S. The van der Waals surface area contributed by atoms with Crippen LogP contribution in [-0.2, 0) is 4.74 Å². The van der Waals surface area contributed by atoms with E-state index >= 15 is 0 Å². The first kappa shape index (κ1) is 11.6. The van der Waals surface area contributed by atoms with Crippen LogP contribution in [0.15, 0.2) is 29.2 Å². The van der Waals surface area contributed by atoms with Crippen LogP contribution < -0.4 is 0 Å². The summed E-state index contributed by atoms with van der Waals surface area (Å²) in [7, 11) is 1.59.